The molecule has 0 fully saturated rings. The Bertz CT molecular complexity index is 1090. The Morgan fingerprint density at radius 2 is 1.45 bits per heavy atom. The summed E-state index contributed by atoms with van der Waals surface area (Å²) in [6.45, 7) is 0. The molecule has 3 aromatic carbocycles. The minimum atomic E-state index is -1.37. The third-order valence-electron chi connectivity index (χ3n) is 3.89. The van der Waals surface area contributed by atoms with Crippen LogP contribution in [-0.4, -0.2) is 28.1 Å². The van der Waals surface area contributed by atoms with Crippen molar-refractivity contribution in [2.45, 2.75) is 0 Å². The van der Waals surface area contributed by atoms with Gasteiger partial charge in [0.1, 0.15) is 11.5 Å². The Morgan fingerprint density at radius 3 is 2.10 bits per heavy atom. The number of hydrogen-bond acceptors (Lipinski definition) is 4. The number of ether oxygens (including phenoxy) is 1. The van der Waals surface area contributed by atoms with Gasteiger partial charge in [-0.3, -0.25) is 4.79 Å². The standard InChI is InChI=1S/C21H14BrNO6/c22-13-6-4-12(5-7-13)19(24)23-14-2-1-3-15(10-14)29-16-8-9-17(20(25)26)18(11-16)21(27)28/h1-11H,(H,23,24)(H,25,26)(H,27,28). The van der Waals surface area contributed by atoms with Crippen molar-refractivity contribution in [1.82, 2.24) is 0 Å². The lowest BCUT2D eigenvalue weighted by Gasteiger charge is -2.10. The summed E-state index contributed by atoms with van der Waals surface area (Å²) in [6, 6.07) is 17.1. The molecule has 0 saturated carbocycles. The summed E-state index contributed by atoms with van der Waals surface area (Å²) in [7, 11) is 0. The van der Waals surface area contributed by atoms with Gasteiger partial charge in [-0.15, -0.1) is 0 Å². The molecule has 0 radical (unpaired) electrons. The maximum atomic E-state index is 12.3. The van der Waals surface area contributed by atoms with Gasteiger partial charge in [-0.2, -0.15) is 0 Å². The summed E-state index contributed by atoms with van der Waals surface area (Å²) in [5, 5.41) is 21.0. The van der Waals surface area contributed by atoms with Crippen LogP contribution in [0.4, 0.5) is 5.69 Å². The number of hydrogen-bond donors (Lipinski definition) is 3. The molecule has 0 aliphatic carbocycles. The van der Waals surface area contributed by atoms with E-state index in [4.69, 9.17) is 9.84 Å². The second-order valence-electron chi connectivity index (χ2n) is 5.91. The number of carbonyl (C=O) groups is 3. The number of aromatic carboxylic acids is 2. The largest absolute Gasteiger partial charge is 0.478 e. The van der Waals surface area contributed by atoms with Gasteiger partial charge in [-0.1, -0.05) is 22.0 Å². The third kappa shape index (κ3) is 4.99. The van der Waals surface area contributed by atoms with Gasteiger partial charge in [-0.25, -0.2) is 9.59 Å². The van der Waals surface area contributed by atoms with Crippen LogP contribution in [0.5, 0.6) is 11.5 Å². The van der Waals surface area contributed by atoms with E-state index in [9.17, 15) is 19.5 Å². The average molecular weight is 456 g/mol. The van der Waals surface area contributed by atoms with Crippen molar-refractivity contribution in [3.8, 4) is 11.5 Å². The topological polar surface area (TPSA) is 113 Å². The zero-order valence-corrected chi connectivity index (χ0v) is 16.3. The van der Waals surface area contributed by atoms with Crippen molar-refractivity contribution in [3.63, 3.8) is 0 Å². The molecule has 29 heavy (non-hydrogen) atoms. The Kier molecular flexibility index (Phi) is 5.94. The van der Waals surface area contributed by atoms with Gasteiger partial charge in [0.2, 0.25) is 0 Å². The lowest BCUT2D eigenvalue weighted by Crippen LogP contribution is -2.11. The van der Waals surface area contributed by atoms with Gasteiger partial charge in [0.15, 0.2) is 0 Å². The quantitative estimate of drug-likeness (QED) is 0.487. The molecule has 7 nitrogen and oxygen atoms in total. The third-order valence-corrected chi connectivity index (χ3v) is 4.41. The van der Waals surface area contributed by atoms with Crippen molar-refractivity contribution in [2.24, 2.45) is 0 Å². The molecule has 0 aromatic heterocycles. The predicted octanol–water partition coefficient (Wildman–Crippen LogP) is 4.89. The van der Waals surface area contributed by atoms with Crippen molar-refractivity contribution < 1.29 is 29.3 Å². The minimum Gasteiger partial charge on any atom is -0.478 e. The molecule has 0 aliphatic rings. The molecule has 0 spiro atoms. The van der Waals surface area contributed by atoms with Gasteiger partial charge in [0, 0.05) is 21.8 Å². The second kappa shape index (κ2) is 8.57. The van der Waals surface area contributed by atoms with E-state index in [1.54, 1.807) is 48.5 Å². The van der Waals surface area contributed by atoms with Gasteiger partial charge in [-0.05, 0) is 54.6 Å². The highest BCUT2D eigenvalue weighted by Crippen LogP contribution is 2.27. The van der Waals surface area contributed by atoms with E-state index in [0.29, 0.717) is 17.0 Å². The lowest BCUT2D eigenvalue weighted by atomic mass is 10.1. The monoisotopic (exact) mass is 455 g/mol. The van der Waals surface area contributed by atoms with Crippen LogP contribution in [0.1, 0.15) is 31.1 Å². The first-order valence-electron chi connectivity index (χ1n) is 8.29. The number of carboxylic acid groups (broad SMARTS) is 2. The summed E-state index contributed by atoms with van der Waals surface area (Å²) >= 11 is 3.31. The predicted molar refractivity (Wildman–Crippen MR) is 109 cm³/mol. The number of benzene rings is 3. The van der Waals surface area contributed by atoms with Crippen LogP contribution in [0.25, 0.3) is 0 Å². The van der Waals surface area contributed by atoms with E-state index in [0.717, 1.165) is 10.5 Å². The smallest absolute Gasteiger partial charge is 0.336 e. The first-order chi connectivity index (χ1) is 13.8. The van der Waals surface area contributed by atoms with Crippen molar-refractivity contribution in [3.05, 3.63) is 87.9 Å². The molecule has 0 atom stereocenters. The summed E-state index contributed by atoms with van der Waals surface area (Å²) in [4.78, 5) is 34.8. The van der Waals surface area contributed by atoms with Crippen LogP contribution in [0.15, 0.2) is 71.2 Å². The molecule has 3 N–H and O–H groups in total. The molecule has 1 amide bonds. The molecule has 0 aliphatic heterocycles. The number of carboxylic acids is 2. The number of anilines is 1. The Labute approximate surface area is 173 Å². The molecule has 3 rings (SSSR count). The normalized spacial score (nSPS) is 10.2. The Morgan fingerprint density at radius 1 is 0.793 bits per heavy atom. The van der Waals surface area contributed by atoms with E-state index in [1.165, 1.54) is 12.1 Å². The molecule has 0 heterocycles. The molecular formula is C21H14BrNO6. The van der Waals surface area contributed by atoms with Gasteiger partial charge in [0.05, 0.1) is 11.1 Å². The van der Waals surface area contributed by atoms with E-state index in [1.807, 2.05) is 0 Å². The van der Waals surface area contributed by atoms with E-state index in [-0.39, 0.29) is 22.8 Å². The van der Waals surface area contributed by atoms with Gasteiger partial charge in [0.25, 0.3) is 5.91 Å². The molecule has 8 heteroatoms. The summed E-state index contributed by atoms with van der Waals surface area (Å²) in [5.41, 5.74) is 0.251. The number of rotatable bonds is 6. The van der Waals surface area contributed by atoms with Crippen molar-refractivity contribution in [1.29, 1.82) is 0 Å². The number of amides is 1. The van der Waals surface area contributed by atoms with Crippen LogP contribution in [-0.2, 0) is 0 Å². The zero-order valence-electron chi connectivity index (χ0n) is 14.8. The highest BCUT2D eigenvalue weighted by molar-refractivity contribution is 9.10. The zero-order chi connectivity index (χ0) is 21.0. The first kappa shape index (κ1) is 20.1. The maximum absolute atomic E-state index is 12.3. The Hall–Kier alpha value is -3.65. The van der Waals surface area contributed by atoms with Crippen molar-refractivity contribution in [2.75, 3.05) is 5.32 Å². The summed E-state index contributed by atoms with van der Waals surface area (Å²) in [6.07, 6.45) is 0. The molecule has 0 bridgehead atoms. The van der Waals surface area contributed by atoms with Crippen molar-refractivity contribution >= 4 is 39.5 Å². The molecule has 3 aromatic rings. The average Bonchev–Trinajstić information content (AvgIpc) is 2.68. The van der Waals surface area contributed by atoms with E-state index >= 15 is 0 Å². The fourth-order valence-corrected chi connectivity index (χ4v) is 2.79. The first-order valence-corrected chi connectivity index (χ1v) is 9.08. The minimum absolute atomic E-state index is 0.156. The molecular weight excluding hydrogens is 442 g/mol. The Balaban J connectivity index is 1.78. The van der Waals surface area contributed by atoms with Crippen LogP contribution < -0.4 is 10.1 Å². The summed E-state index contributed by atoms with van der Waals surface area (Å²) in [5.74, 6) is -2.51. The molecule has 146 valence electrons. The fourth-order valence-electron chi connectivity index (χ4n) is 2.53. The van der Waals surface area contributed by atoms with Gasteiger partial charge < -0.3 is 20.3 Å². The SMILES string of the molecule is O=C(Nc1cccc(Oc2ccc(C(=O)O)c(C(=O)O)c2)c1)c1ccc(Br)cc1. The summed E-state index contributed by atoms with van der Waals surface area (Å²) < 4.78 is 6.49. The fraction of sp³-hybridized carbons (Fsp3) is 0. The molecule has 0 unspecified atom stereocenters. The van der Waals surface area contributed by atoms with Crippen LogP contribution >= 0.6 is 15.9 Å². The maximum Gasteiger partial charge on any atom is 0.336 e. The highest BCUT2D eigenvalue weighted by atomic mass is 79.9. The van der Waals surface area contributed by atoms with E-state index in [2.05, 4.69) is 21.2 Å². The van der Waals surface area contributed by atoms with E-state index < -0.39 is 11.9 Å². The number of nitrogens with one attached hydrogen (secondary N) is 1. The van der Waals surface area contributed by atoms with Gasteiger partial charge >= 0.3 is 11.9 Å². The number of halogens is 1. The molecule has 0 saturated heterocycles. The number of carbonyl (C=O) groups excluding carboxylic acids is 1. The lowest BCUT2D eigenvalue weighted by molar-refractivity contribution is 0.0651. The van der Waals surface area contributed by atoms with Crippen LogP contribution in [0.3, 0.4) is 0 Å². The van der Waals surface area contributed by atoms with Crippen LogP contribution in [0.2, 0.25) is 0 Å². The second-order valence-corrected chi connectivity index (χ2v) is 6.82. The van der Waals surface area contributed by atoms with Crippen LogP contribution in [0, 0.1) is 0 Å². The highest BCUT2D eigenvalue weighted by Gasteiger charge is 2.17.